The standard InChI is InChI=1S/C19H18ClN5O/c20-14-1-2-16-15(8-14)13(9-21)7-19(23-16)24-17-5-12(6-18(17)26)10-25-4-3-22-11-25/h1-4,7-8,11-12,17-18,26H,5-6,10H2,(H,23,24)/t12?,17-,18-/m1/s1. The van der Waals surface area contributed by atoms with Crippen LogP contribution in [0.3, 0.4) is 0 Å². The molecule has 0 aliphatic heterocycles. The molecule has 2 heterocycles. The van der Waals surface area contributed by atoms with Gasteiger partial charge >= 0.3 is 0 Å². The number of fused-ring (bicyclic) bond motifs is 1. The Morgan fingerprint density at radius 1 is 1.35 bits per heavy atom. The number of hydrogen-bond donors (Lipinski definition) is 2. The highest BCUT2D eigenvalue weighted by atomic mass is 35.5. The van der Waals surface area contributed by atoms with Crippen LogP contribution in [0.25, 0.3) is 10.9 Å². The number of nitrogens with zero attached hydrogens (tertiary/aromatic N) is 4. The Labute approximate surface area is 156 Å². The number of halogens is 1. The van der Waals surface area contributed by atoms with Crippen molar-refractivity contribution in [2.45, 2.75) is 31.5 Å². The summed E-state index contributed by atoms with van der Waals surface area (Å²) in [6.45, 7) is 0.836. The smallest absolute Gasteiger partial charge is 0.128 e. The molecule has 0 radical (unpaired) electrons. The van der Waals surface area contributed by atoms with Crippen molar-refractivity contribution in [3.05, 3.63) is 53.6 Å². The topological polar surface area (TPSA) is 86.8 Å². The molecule has 1 aromatic carbocycles. The molecule has 132 valence electrons. The lowest BCUT2D eigenvalue weighted by atomic mass is 10.1. The van der Waals surface area contributed by atoms with Gasteiger partial charge in [0.2, 0.25) is 0 Å². The zero-order chi connectivity index (χ0) is 18.1. The van der Waals surface area contributed by atoms with Crippen LogP contribution in [0.15, 0.2) is 43.0 Å². The molecule has 0 bridgehead atoms. The molecule has 1 unspecified atom stereocenters. The van der Waals surface area contributed by atoms with Crippen LogP contribution >= 0.6 is 11.6 Å². The van der Waals surface area contributed by atoms with E-state index in [1.165, 1.54) is 0 Å². The first-order valence-electron chi connectivity index (χ1n) is 8.53. The number of nitriles is 1. The van der Waals surface area contributed by atoms with Gasteiger partial charge in [0.15, 0.2) is 0 Å². The fraction of sp³-hybridized carbons (Fsp3) is 0.316. The fourth-order valence-electron chi connectivity index (χ4n) is 3.67. The van der Waals surface area contributed by atoms with Crippen molar-refractivity contribution in [2.75, 3.05) is 5.32 Å². The lowest BCUT2D eigenvalue weighted by Crippen LogP contribution is -2.28. The number of aliphatic hydroxyl groups excluding tert-OH is 1. The molecule has 1 fully saturated rings. The predicted octanol–water partition coefficient (Wildman–Crippen LogP) is 3.21. The van der Waals surface area contributed by atoms with Crippen molar-refractivity contribution in [3.8, 4) is 6.07 Å². The largest absolute Gasteiger partial charge is 0.391 e. The second kappa shape index (κ2) is 6.94. The van der Waals surface area contributed by atoms with Gasteiger partial charge < -0.3 is 15.0 Å². The van der Waals surface area contributed by atoms with Gasteiger partial charge in [0, 0.05) is 29.3 Å². The third kappa shape index (κ3) is 3.36. The first kappa shape index (κ1) is 16.8. The molecule has 7 heteroatoms. The monoisotopic (exact) mass is 367 g/mol. The van der Waals surface area contributed by atoms with Gasteiger partial charge in [0.25, 0.3) is 0 Å². The van der Waals surface area contributed by atoms with E-state index in [0.29, 0.717) is 27.8 Å². The highest BCUT2D eigenvalue weighted by molar-refractivity contribution is 6.31. The van der Waals surface area contributed by atoms with Gasteiger partial charge in [-0.15, -0.1) is 0 Å². The lowest BCUT2D eigenvalue weighted by molar-refractivity contribution is 0.166. The van der Waals surface area contributed by atoms with Crippen LogP contribution in [-0.2, 0) is 6.54 Å². The predicted molar refractivity (Wildman–Crippen MR) is 99.8 cm³/mol. The summed E-state index contributed by atoms with van der Waals surface area (Å²) < 4.78 is 2.03. The van der Waals surface area contributed by atoms with Crippen molar-refractivity contribution in [2.24, 2.45) is 5.92 Å². The van der Waals surface area contributed by atoms with Crippen molar-refractivity contribution < 1.29 is 5.11 Å². The van der Waals surface area contributed by atoms with Gasteiger partial charge in [-0.2, -0.15) is 5.26 Å². The molecule has 26 heavy (non-hydrogen) atoms. The van der Waals surface area contributed by atoms with Gasteiger partial charge in [0.1, 0.15) is 5.82 Å². The van der Waals surface area contributed by atoms with Gasteiger partial charge in [-0.3, -0.25) is 0 Å². The number of aliphatic hydroxyl groups is 1. The Kier molecular flexibility index (Phi) is 4.49. The fourth-order valence-corrected chi connectivity index (χ4v) is 3.84. The van der Waals surface area contributed by atoms with E-state index in [0.717, 1.165) is 24.8 Å². The Morgan fingerprint density at radius 2 is 2.23 bits per heavy atom. The summed E-state index contributed by atoms with van der Waals surface area (Å²) in [5.74, 6) is 0.968. The minimum Gasteiger partial charge on any atom is -0.391 e. The molecule has 4 rings (SSSR count). The highest BCUT2D eigenvalue weighted by Crippen LogP contribution is 2.31. The molecule has 3 atom stereocenters. The third-order valence-corrected chi connectivity index (χ3v) is 5.11. The summed E-state index contributed by atoms with van der Waals surface area (Å²) in [7, 11) is 0. The molecule has 0 saturated heterocycles. The summed E-state index contributed by atoms with van der Waals surface area (Å²) in [4.78, 5) is 8.64. The van der Waals surface area contributed by atoms with Crippen LogP contribution < -0.4 is 5.32 Å². The molecule has 1 saturated carbocycles. The first-order valence-corrected chi connectivity index (χ1v) is 8.91. The Bertz CT molecular complexity index is 966. The number of hydrogen-bond acceptors (Lipinski definition) is 5. The van der Waals surface area contributed by atoms with Crippen molar-refractivity contribution >= 4 is 28.3 Å². The number of aromatic nitrogens is 3. The number of nitrogens with one attached hydrogen (secondary N) is 1. The maximum absolute atomic E-state index is 10.4. The quantitative estimate of drug-likeness (QED) is 0.739. The molecule has 0 spiro atoms. The van der Waals surface area contributed by atoms with E-state index in [2.05, 4.69) is 21.4 Å². The molecule has 1 aliphatic rings. The minimum absolute atomic E-state index is 0.0904. The maximum Gasteiger partial charge on any atom is 0.128 e. The molecule has 3 aromatic rings. The number of rotatable bonds is 4. The molecule has 0 amide bonds. The van der Waals surface area contributed by atoms with Crippen molar-refractivity contribution in [3.63, 3.8) is 0 Å². The van der Waals surface area contributed by atoms with Crippen LogP contribution in [0.1, 0.15) is 18.4 Å². The minimum atomic E-state index is -0.447. The van der Waals surface area contributed by atoms with Crippen LogP contribution in [0.5, 0.6) is 0 Å². The maximum atomic E-state index is 10.4. The van der Waals surface area contributed by atoms with Gasteiger partial charge in [0.05, 0.1) is 35.6 Å². The van der Waals surface area contributed by atoms with Gasteiger partial charge in [-0.05, 0) is 43.0 Å². The summed E-state index contributed by atoms with van der Waals surface area (Å²) in [5.41, 5.74) is 1.22. The summed E-state index contributed by atoms with van der Waals surface area (Å²) in [6.07, 6.45) is 6.60. The number of benzene rings is 1. The normalized spacial score (nSPS) is 22.4. The molecule has 1 aliphatic carbocycles. The molecule has 2 N–H and O–H groups in total. The van der Waals surface area contributed by atoms with Crippen LogP contribution in [0.2, 0.25) is 5.02 Å². The second-order valence-corrected chi connectivity index (χ2v) is 7.18. The molecular formula is C19H18ClN5O. The van der Waals surface area contributed by atoms with Crippen LogP contribution in [-0.4, -0.2) is 31.8 Å². The van der Waals surface area contributed by atoms with E-state index in [1.54, 1.807) is 36.8 Å². The van der Waals surface area contributed by atoms with E-state index in [1.807, 2.05) is 10.8 Å². The zero-order valence-electron chi connectivity index (χ0n) is 14.0. The Hall–Kier alpha value is -2.62. The molecular weight excluding hydrogens is 350 g/mol. The van der Waals surface area contributed by atoms with E-state index < -0.39 is 6.10 Å². The van der Waals surface area contributed by atoms with E-state index in [9.17, 15) is 10.4 Å². The average molecular weight is 368 g/mol. The zero-order valence-corrected chi connectivity index (χ0v) is 14.8. The Balaban J connectivity index is 1.53. The SMILES string of the molecule is N#Cc1cc(N[C@@H]2CC(Cn3ccnc3)C[C@H]2O)nc2ccc(Cl)cc12. The Morgan fingerprint density at radius 3 is 3.00 bits per heavy atom. The lowest BCUT2D eigenvalue weighted by Gasteiger charge is -2.18. The average Bonchev–Trinajstić information content (AvgIpc) is 3.25. The molecule has 2 aromatic heterocycles. The van der Waals surface area contributed by atoms with Crippen molar-refractivity contribution in [1.82, 2.24) is 14.5 Å². The third-order valence-electron chi connectivity index (χ3n) is 4.88. The number of imidazole rings is 1. The van der Waals surface area contributed by atoms with Crippen LogP contribution in [0, 0.1) is 17.2 Å². The number of anilines is 1. The van der Waals surface area contributed by atoms with E-state index in [4.69, 9.17) is 11.6 Å². The summed E-state index contributed by atoms with van der Waals surface area (Å²) in [6, 6.07) is 9.13. The number of pyridine rings is 1. The highest BCUT2D eigenvalue weighted by Gasteiger charge is 2.33. The van der Waals surface area contributed by atoms with E-state index >= 15 is 0 Å². The van der Waals surface area contributed by atoms with Crippen molar-refractivity contribution in [1.29, 1.82) is 5.26 Å². The van der Waals surface area contributed by atoms with Crippen LogP contribution in [0.4, 0.5) is 5.82 Å². The van der Waals surface area contributed by atoms with Gasteiger partial charge in [-0.1, -0.05) is 11.6 Å². The summed E-state index contributed by atoms with van der Waals surface area (Å²) in [5, 5.41) is 24.5. The molecule has 6 nitrogen and oxygen atoms in total. The summed E-state index contributed by atoms with van der Waals surface area (Å²) >= 11 is 6.03. The first-order chi connectivity index (χ1) is 12.6. The van der Waals surface area contributed by atoms with Gasteiger partial charge in [-0.25, -0.2) is 9.97 Å². The van der Waals surface area contributed by atoms with E-state index in [-0.39, 0.29) is 6.04 Å². The second-order valence-electron chi connectivity index (χ2n) is 6.74.